The van der Waals surface area contributed by atoms with E-state index < -0.39 is 0 Å². The van der Waals surface area contributed by atoms with Crippen molar-refractivity contribution in [3.8, 4) is 0 Å². The molecule has 3 N–H and O–H groups in total. The summed E-state index contributed by atoms with van der Waals surface area (Å²) in [5.41, 5.74) is -0.252. The maximum atomic E-state index is 10.7. The fraction of sp³-hybridized carbons (Fsp3) is 0.750. The van der Waals surface area contributed by atoms with Gasteiger partial charge in [0.05, 0.1) is 6.54 Å². The van der Waals surface area contributed by atoms with E-state index in [-0.39, 0.29) is 5.69 Å². The third kappa shape index (κ3) is 3.97. The van der Waals surface area contributed by atoms with Gasteiger partial charge in [0.15, 0.2) is 0 Å². The molecule has 6 heteroatoms. The highest BCUT2D eigenvalue weighted by Gasteiger charge is 2.02. The van der Waals surface area contributed by atoms with Gasteiger partial charge in [-0.15, -0.1) is 0 Å². The first-order chi connectivity index (χ1) is 6.72. The summed E-state index contributed by atoms with van der Waals surface area (Å²) in [7, 11) is 0. The average molecular weight is 216 g/mol. The second-order valence-electron chi connectivity index (χ2n) is 3.07. The molecular formula is C8H16N4OS. The highest BCUT2D eigenvalue weighted by atomic mass is 32.2. The zero-order valence-electron chi connectivity index (χ0n) is 8.46. The lowest BCUT2D eigenvalue weighted by atomic mass is 10.4. The predicted molar refractivity (Wildman–Crippen MR) is 58.5 cm³/mol. The van der Waals surface area contributed by atoms with Gasteiger partial charge < -0.3 is 5.32 Å². The molecule has 0 aliphatic heterocycles. The number of nitrogens with zero attached hydrogens (tertiary/aromatic N) is 1. The number of rotatable bonds is 6. The molecule has 0 saturated heterocycles. The van der Waals surface area contributed by atoms with E-state index in [1.54, 1.807) is 0 Å². The fourth-order valence-corrected chi connectivity index (χ4v) is 1.72. The second kappa shape index (κ2) is 5.87. The zero-order chi connectivity index (χ0) is 10.4. The summed E-state index contributed by atoms with van der Waals surface area (Å²) in [5.74, 6) is 2.86. The summed E-state index contributed by atoms with van der Waals surface area (Å²) < 4.78 is 0. The Morgan fingerprint density at radius 2 is 2.43 bits per heavy atom. The normalized spacial score (nSPS) is 13.0. The van der Waals surface area contributed by atoms with E-state index in [2.05, 4.69) is 34.3 Å². The SMILES string of the molecule is CCSCC(C)NCc1n[nH]c(=O)[nH]1. The summed E-state index contributed by atoms with van der Waals surface area (Å²) in [5, 5.41) is 9.41. The highest BCUT2D eigenvalue weighted by Crippen LogP contribution is 2.01. The van der Waals surface area contributed by atoms with Crippen LogP contribution < -0.4 is 11.0 Å². The van der Waals surface area contributed by atoms with E-state index in [1.807, 2.05) is 11.8 Å². The van der Waals surface area contributed by atoms with Crippen molar-refractivity contribution < 1.29 is 0 Å². The van der Waals surface area contributed by atoms with E-state index in [0.29, 0.717) is 18.4 Å². The van der Waals surface area contributed by atoms with Crippen molar-refractivity contribution in [1.82, 2.24) is 20.5 Å². The number of H-pyrrole nitrogens is 2. The Morgan fingerprint density at radius 3 is 3.00 bits per heavy atom. The fourth-order valence-electron chi connectivity index (χ4n) is 1.01. The van der Waals surface area contributed by atoms with Crippen LogP contribution in [-0.4, -0.2) is 32.7 Å². The van der Waals surface area contributed by atoms with Crippen molar-refractivity contribution in [3.63, 3.8) is 0 Å². The maximum Gasteiger partial charge on any atom is 0.340 e. The van der Waals surface area contributed by atoms with Gasteiger partial charge in [-0.2, -0.15) is 16.9 Å². The largest absolute Gasteiger partial charge is 0.340 e. The Balaban J connectivity index is 2.23. The van der Waals surface area contributed by atoms with Crippen LogP contribution in [0.1, 0.15) is 19.7 Å². The van der Waals surface area contributed by atoms with Gasteiger partial charge in [0.2, 0.25) is 0 Å². The molecule has 0 amide bonds. The minimum absolute atomic E-state index is 0.252. The molecule has 0 radical (unpaired) electrons. The number of aromatic amines is 2. The third-order valence-electron chi connectivity index (χ3n) is 1.74. The monoisotopic (exact) mass is 216 g/mol. The van der Waals surface area contributed by atoms with Crippen molar-refractivity contribution in [2.75, 3.05) is 11.5 Å². The van der Waals surface area contributed by atoms with Crippen molar-refractivity contribution >= 4 is 11.8 Å². The predicted octanol–water partition coefficient (Wildman–Crippen LogP) is 0.329. The zero-order valence-corrected chi connectivity index (χ0v) is 9.28. The first kappa shape index (κ1) is 11.3. The molecule has 0 spiro atoms. The number of hydrogen-bond donors (Lipinski definition) is 3. The number of nitrogens with one attached hydrogen (secondary N) is 3. The van der Waals surface area contributed by atoms with Crippen LogP contribution in [0.2, 0.25) is 0 Å². The molecule has 0 bridgehead atoms. The summed E-state index contributed by atoms with van der Waals surface area (Å²) in [6, 6.07) is 0.431. The lowest BCUT2D eigenvalue weighted by molar-refractivity contribution is 0.580. The molecule has 5 nitrogen and oxygen atoms in total. The smallest absolute Gasteiger partial charge is 0.306 e. The van der Waals surface area contributed by atoms with E-state index in [0.717, 1.165) is 11.5 Å². The van der Waals surface area contributed by atoms with E-state index in [4.69, 9.17) is 0 Å². The van der Waals surface area contributed by atoms with Crippen LogP contribution in [0.15, 0.2) is 4.79 Å². The lowest BCUT2D eigenvalue weighted by Crippen LogP contribution is -2.28. The molecule has 1 aromatic rings. The van der Waals surface area contributed by atoms with Crippen LogP contribution in [0.25, 0.3) is 0 Å². The van der Waals surface area contributed by atoms with Crippen molar-refractivity contribution in [2.24, 2.45) is 0 Å². The molecule has 80 valence electrons. The average Bonchev–Trinajstić information content (AvgIpc) is 2.58. The number of thioether (sulfide) groups is 1. The maximum absolute atomic E-state index is 10.7. The van der Waals surface area contributed by atoms with Gasteiger partial charge in [-0.1, -0.05) is 6.92 Å². The third-order valence-corrected chi connectivity index (χ3v) is 2.88. The van der Waals surface area contributed by atoms with Crippen LogP contribution in [-0.2, 0) is 6.54 Å². The molecule has 1 unspecified atom stereocenters. The standard InChI is InChI=1S/C8H16N4OS/c1-3-14-5-6(2)9-4-7-10-8(13)12-11-7/h6,9H,3-5H2,1-2H3,(H2,10,11,12,13). The molecule has 0 aromatic carbocycles. The van der Waals surface area contributed by atoms with Gasteiger partial charge in [0.1, 0.15) is 5.82 Å². The van der Waals surface area contributed by atoms with Crippen molar-refractivity contribution in [1.29, 1.82) is 0 Å². The molecule has 0 aliphatic rings. The first-order valence-corrected chi connectivity index (χ1v) is 5.82. The van der Waals surface area contributed by atoms with Crippen LogP contribution in [0.5, 0.6) is 0 Å². The minimum atomic E-state index is -0.252. The quantitative estimate of drug-likeness (QED) is 0.640. The van der Waals surface area contributed by atoms with Gasteiger partial charge in [0.25, 0.3) is 0 Å². The Labute approximate surface area is 87.1 Å². The Kier molecular flexibility index (Phi) is 4.75. The van der Waals surface area contributed by atoms with Crippen LogP contribution in [0, 0.1) is 0 Å². The molecular weight excluding hydrogens is 200 g/mol. The topological polar surface area (TPSA) is 73.6 Å². The van der Waals surface area contributed by atoms with Crippen molar-refractivity contribution in [2.45, 2.75) is 26.4 Å². The second-order valence-corrected chi connectivity index (χ2v) is 4.38. The molecule has 1 atom stereocenters. The van der Waals surface area contributed by atoms with E-state index in [1.165, 1.54) is 0 Å². The van der Waals surface area contributed by atoms with E-state index in [9.17, 15) is 4.79 Å². The lowest BCUT2D eigenvalue weighted by Gasteiger charge is -2.10. The Bertz CT molecular complexity index is 308. The van der Waals surface area contributed by atoms with Gasteiger partial charge >= 0.3 is 5.69 Å². The summed E-state index contributed by atoms with van der Waals surface area (Å²) in [6.07, 6.45) is 0. The van der Waals surface area contributed by atoms with Gasteiger partial charge in [-0.3, -0.25) is 4.98 Å². The first-order valence-electron chi connectivity index (χ1n) is 4.67. The molecule has 0 aliphatic carbocycles. The molecule has 0 saturated carbocycles. The molecule has 1 rings (SSSR count). The van der Waals surface area contributed by atoms with Crippen LogP contribution >= 0.6 is 11.8 Å². The Morgan fingerprint density at radius 1 is 1.64 bits per heavy atom. The summed E-state index contributed by atoms with van der Waals surface area (Å²) in [6.45, 7) is 4.86. The number of hydrogen-bond acceptors (Lipinski definition) is 4. The number of aromatic nitrogens is 3. The summed E-state index contributed by atoms with van der Waals surface area (Å²) in [4.78, 5) is 13.3. The molecule has 14 heavy (non-hydrogen) atoms. The molecule has 1 aromatic heterocycles. The van der Waals surface area contributed by atoms with E-state index >= 15 is 0 Å². The highest BCUT2D eigenvalue weighted by molar-refractivity contribution is 7.99. The van der Waals surface area contributed by atoms with Gasteiger partial charge in [-0.05, 0) is 12.7 Å². The molecule has 0 fully saturated rings. The molecule has 1 heterocycles. The minimum Gasteiger partial charge on any atom is -0.306 e. The van der Waals surface area contributed by atoms with Crippen LogP contribution in [0.3, 0.4) is 0 Å². The van der Waals surface area contributed by atoms with Gasteiger partial charge in [-0.25, -0.2) is 9.89 Å². The van der Waals surface area contributed by atoms with Crippen LogP contribution in [0.4, 0.5) is 0 Å². The van der Waals surface area contributed by atoms with Crippen molar-refractivity contribution in [3.05, 3.63) is 16.3 Å². The Hall–Kier alpha value is -0.750. The van der Waals surface area contributed by atoms with Gasteiger partial charge in [0, 0.05) is 11.8 Å². The summed E-state index contributed by atoms with van der Waals surface area (Å²) >= 11 is 1.89.